The first kappa shape index (κ1) is 22.2. The second kappa shape index (κ2) is 9.67. The van der Waals surface area contributed by atoms with Gasteiger partial charge in [0.05, 0.1) is 11.7 Å². The molecule has 0 radical (unpaired) electrons. The minimum atomic E-state index is -0.453. The highest BCUT2D eigenvalue weighted by Gasteiger charge is 2.33. The number of hydrogen-bond acceptors (Lipinski definition) is 5. The summed E-state index contributed by atoms with van der Waals surface area (Å²) in [6.45, 7) is 0.773. The summed E-state index contributed by atoms with van der Waals surface area (Å²) < 4.78 is 0. The molecule has 0 bridgehead atoms. The number of nitrogens with two attached hydrogens (primary N) is 1. The Morgan fingerprint density at radius 3 is 2.47 bits per heavy atom. The molecule has 0 spiro atoms. The van der Waals surface area contributed by atoms with Gasteiger partial charge in [0.15, 0.2) is 0 Å². The van der Waals surface area contributed by atoms with Crippen molar-refractivity contribution in [1.82, 2.24) is 14.9 Å². The van der Waals surface area contributed by atoms with Crippen LogP contribution >= 0.6 is 0 Å². The van der Waals surface area contributed by atoms with E-state index < -0.39 is 5.91 Å². The summed E-state index contributed by atoms with van der Waals surface area (Å²) in [6, 6.07) is 7.14. The second-order valence-electron chi connectivity index (χ2n) is 9.24. The number of anilines is 1. The molecule has 1 aromatic carbocycles. The zero-order valence-electron chi connectivity index (χ0n) is 19.1. The van der Waals surface area contributed by atoms with Crippen LogP contribution in [0.5, 0.6) is 0 Å². The summed E-state index contributed by atoms with van der Waals surface area (Å²) in [5.74, 6) is 1.12. The molecule has 7 nitrogen and oxygen atoms in total. The molecule has 1 saturated carbocycles. The number of carbonyl (C=O) groups is 2. The van der Waals surface area contributed by atoms with Crippen LogP contribution in [0.15, 0.2) is 30.5 Å². The van der Waals surface area contributed by atoms with Crippen molar-refractivity contribution in [3.63, 3.8) is 0 Å². The molecule has 32 heavy (non-hydrogen) atoms. The van der Waals surface area contributed by atoms with E-state index in [0.717, 1.165) is 42.6 Å². The topological polar surface area (TPSA) is 92.4 Å². The Labute approximate surface area is 190 Å². The van der Waals surface area contributed by atoms with Crippen LogP contribution in [0, 0.1) is 5.92 Å². The lowest BCUT2D eigenvalue weighted by atomic mass is 9.98. The van der Waals surface area contributed by atoms with E-state index in [1.807, 2.05) is 42.2 Å². The third kappa shape index (κ3) is 4.76. The average Bonchev–Trinajstić information content (AvgIpc) is 3.49. The SMILES string of the molecule is CN(C)c1ncc(-c2ccc(C(N)=O)cc2)c([C@@H]2CCCN2C(=O)CCC2CCCC2)n1. The van der Waals surface area contributed by atoms with E-state index in [9.17, 15) is 9.59 Å². The number of amides is 2. The van der Waals surface area contributed by atoms with Gasteiger partial charge in [-0.3, -0.25) is 9.59 Å². The normalized spacial score (nSPS) is 18.8. The van der Waals surface area contributed by atoms with Gasteiger partial charge in [-0.1, -0.05) is 37.8 Å². The van der Waals surface area contributed by atoms with E-state index >= 15 is 0 Å². The van der Waals surface area contributed by atoms with Gasteiger partial charge < -0.3 is 15.5 Å². The average molecular weight is 436 g/mol. The maximum Gasteiger partial charge on any atom is 0.248 e. The molecule has 1 aliphatic carbocycles. The van der Waals surface area contributed by atoms with E-state index in [-0.39, 0.29) is 11.9 Å². The van der Waals surface area contributed by atoms with Gasteiger partial charge in [-0.2, -0.15) is 0 Å². The number of aromatic nitrogens is 2. The number of hydrogen-bond donors (Lipinski definition) is 1. The Morgan fingerprint density at radius 1 is 1.09 bits per heavy atom. The summed E-state index contributed by atoms with van der Waals surface area (Å²) in [5.41, 5.74) is 8.55. The lowest BCUT2D eigenvalue weighted by Crippen LogP contribution is -2.31. The molecule has 2 aliphatic rings. The van der Waals surface area contributed by atoms with Crippen molar-refractivity contribution in [3.8, 4) is 11.1 Å². The van der Waals surface area contributed by atoms with Crippen molar-refractivity contribution in [1.29, 1.82) is 0 Å². The summed E-state index contributed by atoms with van der Waals surface area (Å²) in [4.78, 5) is 38.0. The second-order valence-corrected chi connectivity index (χ2v) is 9.24. The minimum absolute atomic E-state index is 0.0569. The molecule has 2 N–H and O–H groups in total. The number of nitrogens with zero attached hydrogens (tertiary/aromatic N) is 4. The molecule has 0 unspecified atom stereocenters. The number of primary amides is 1. The van der Waals surface area contributed by atoms with Crippen LogP contribution in [0.4, 0.5) is 5.95 Å². The molecule has 1 saturated heterocycles. The summed E-state index contributed by atoms with van der Waals surface area (Å²) in [7, 11) is 3.83. The standard InChI is InChI=1S/C25H33N5O2/c1-29(2)25-27-16-20(18-10-12-19(13-11-18)24(26)32)23(28-25)21-8-5-15-30(21)22(31)14-9-17-6-3-4-7-17/h10-13,16-17,21H,3-9,14-15H2,1-2H3,(H2,26,32)/t21-/m0/s1. The molecule has 4 rings (SSSR count). The maximum absolute atomic E-state index is 13.2. The fourth-order valence-corrected chi connectivity index (χ4v) is 5.01. The molecule has 7 heteroatoms. The smallest absolute Gasteiger partial charge is 0.248 e. The Bertz CT molecular complexity index is 967. The van der Waals surface area contributed by atoms with Crippen molar-refractivity contribution >= 4 is 17.8 Å². The summed E-state index contributed by atoms with van der Waals surface area (Å²) in [5, 5.41) is 0. The van der Waals surface area contributed by atoms with Gasteiger partial charge in [-0.25, -0.2) is 9.97 Å². The van der Waals surface area contributed by atoms with Gasteiger partial charge >= 0.3 is 0 Å². The van der Waals surface area contributed by atoms with E-state index in [2.05, 4.69) is 4.98 Å². The number of rotatable bonds is 7. The molecular weight excluding hydrogens is 402 g/mol. The van der Waals surface area contributed by atoms with Crippen LogP contribution in [0.3, 0.4) is 0 Å². The van der Waals surface area contributed by atoms with E-state index in [0.29, 0.717) is 23.9 Å². The van der Waals surface area contributed by atoms with Crippen LogP contribution in [-0.2, 0) is 4.79 Å². The highest BCUT2D eigenvalue weighted by Crippen LogP contribution is 2.38. The lowest BCUT2D eigenvalue weighted by Gasteiger charge is -2.27. The quantitative estimate of drug-likeness (QED) is 0.711. The van der Waals surface area contributed by atoms with Crippen LogP contribution in [0.25, 0.3) is 11.1 Å². The number of carbonyl (C=O) groups excluding carboxylic acids is 2. The Balaban J connectivity index is 1.62. The summed E-state index contributed by atoms with van der Waals surface area (Å²) >= 11 is 0. The lowest BCUT2D eigenvalue weighted by molar-refractivity contribution is -0.132. The van der Waals surface area contributed by atoms with Crippen LogP contribution < -0.4 is 10.6 Å². The predicted octanol–water partition coefficient (Wildman–Crippen LogP) is 3.94. The van der Waals surface area contributed by atoms with E-state index in [1.165, 1.54) is 25.7 Å². The van der Waals surface area contributed by atoms with Gasteiger partial charge in [-0.05, 0) is 42.9 Å². The molecule has 1 atom stereocenters. The highest BCUT2D eigenvalue weighted by molar-refractivity contribution is 5.93. The van der Waals surface area contributed by atoms with Gasteiger partial charge in [0.25, 0.3) is 0 Å². The highest BCUT2D eigenvalue weighted by atomic mass is 16.2. The molecule has 2 amide bonds. The monoisotopic (exact) mass is 435 g/mol. The fourth-order valence-electron chi connectivity index (χ4n) is 5.01. The van der Waals surface area contributed by atoms with Gasteiger partial charge in [0.2, 0.25) is 17.8 Å². The molecule has 2 fully saturated rings. The summed E-state index contributed by atoms with van der Waals surface area (Å²) in [6.07, 6.45) is 10.4. The predicted molar refractivity (Wildman–Crippen MR) is 125 cm³/mol. The van der Waals surface area contributed by atoms with Crippen LogP contribution in [0.1, 0.15) is 73.5 Å². The molecular formula is C25H33N5O2. The van der Waals surface area contributed by atoms with Crippen molar-refractivity contribution < 1.29 is 9.59 Å². The molecule has 1 aromatic heterocycles. The molecule has 2 heterocycles. The number of likely N-dealkylation sites (tertiary alicyclic amines) is 1. The third-order valence-corrected chi connectivity index (χ3v) is 6.82. The molecule has 2 aromatic rings. The van der Waals surface area contributed by atoms with Crippen molar-refractivity contribution in [3.05, 3.63) is 41.7 Å². The first-order valence-electron chi connectivity index (χ1n) is 11.7. The van der Waals surface area contributed by atoms with Gasteiger partial charge in [-0.15, -0.1) is 0 Å². The first-order chi connectivity index (χ1) is 15.4. The first-order valence-corrected chi connectivity index (χ1v) is 11.7. The van der Waals surface area contributed by atoms with E-state index in [1.54, 1.807) is 12.1 Å². The van der Waals surface area contributed by atoms with E-state index in [4.69, 9.17) is 10.7 Å². The van der Waals surface area contributed by atoms with Crippen LogP contribution in [-0.4, -0.2) is 47.3 Å². The minimum Gasteiger partial charge on any atom is -0.366 e. The third-order valence-electron chi connectivity index (χ3n) is 6.82. The Morgan fingerprint density at radius 2 is 1.81 bits per heavy atom. The largest absolute Gasteiger partial charge is 0.366 e. The number of benzene rings is 1. The van der Waals surface area contributed by atoms with Crippen molar-refractivity contribution in [2.75, 3.05) is 25.5 Å². The molecule has 1 aliphatic heterocycles. The van der Waals surface area contributed by atoms with Gasteiger partial charge in [0, 0.05) is 44.4 Å². The van der Waals surface area contributed by atoms with Gasteiger partial charge in [0.1, 0.15) is 0 Å². The zero-order chi connectivity index (χ0) is 22.7. The molecule has 170 valence electrons. The van der Waals surface area contributed by atoms with Crippen LogP contribution in [0.2, 0.25) is 0 Å². The fraction of sp³-hybridized carbons (Fsp3) is 0.520. The van der Waals surface area contributed by atoms with Crippen molar-refractivity contribution in [2.24, 2.45) is 11.7 Å². The zero-order valence-corrected chi connectivity index (χ0v) is 19.1. The maximum atomic E-state index is 13.2. The van der Waals surface area contributed by atoms with Crippen molar-refractivity contribution in [2.45, 2.75) is 57.4 Å². The Hall–Kier alpha value is -2.96. The Kier molecular flexibility index (Phi) is 6.72.